The number of hydrogen-bond donors (Lipinski definition) is 1. The van der Waals surface area contributed by atoms with E-state index in [0.29, 0.717) is 16.4 Å². The van der Waals surface area contributed by atoms with Crippen LogP contribution in [0.15, 0.2) is 65.5 Å². The summed E-state index contributed by atoms with van der Waals surface area (Å²) in [6.45, 7) is 3.87. The van der Waals surface area contributed by atoms with Gasteiger partial charge in [0.05, 0.1) is 5.69 Å². The van der Waals surface area contributed by atoms with E-state index in [0.717, 1.165) is 11.1 Å². The molecule has 1 aromatic heterocycles. The van der Waals surface area contributed by atoms with Crippen molar-refractivity contribution < 1.29 is 14.3 Å². The van der Waals surface area contributed by atoms with E-state index in [2.05, 4.69) is 4.98 Å². The minimum atomic E-state index is -0.921. The van der Waals surface area contributed by atoms with Gasteiger partial charge in [-0.3, -0.25) is 4.79 Å². The molecule has 0 unspecified atom stereocenters. The third kappa shape index (κ3) is 4.81. The Balaban J connectivity index is 1.83. The summed E-state index contributed by atoms with van der Waals surface area (Å²) >= 11 is 5.93. The average molecular weight is 398 g/mol. The molecule has 3 aromatic rings. The Bertz CT molecular complexity index is 1010. The summed E-state index contributed by atoms with van der Waals surface area (Å²) in [7, 11) is 0. The van der Waals surface area contributed by atoms with Crippen molar-refractivity contribution >= 4 is 17.8 Å². The Hall–Kier alpha value is -3.05. The molecule has 0 radical (unpaired) electrons. The molecular weight excluding hydrogens is 378 g/mol. The SMILES string of the molecule is CC(C)c1[nH]c(-c2ccc(Cl)cc2)cc(=O)c1OC(=O)OCc1ccccc1. The van der Waals surface area contributed by atoms with E-state index in [4.69, 9.17) is 21.1 Å². The fourth-order valence-electron chi connectivity index (χ4n) is 2.69. The average Bonchev–Trinajstić information content (AvgIpc) is 2.69. The maximum absolute atomic E-state index is 12.6. The van der Waals surface area contributed by atoms with E-state index in [1.807, 2.05) is 56.3 Å². The predicted molar refractivity (Wildman–Crippen MR) is 109 cm³/mol. The second-order valence-corrected chi connectivity index (χ2v) is 7.01. The molecule has 0 spiro atoms. The van der Waals surface area contributed by atoms with E-state index in [1.165, 1.54) is 6.07 Å². The van der Waals surface area contributed by atoms with Crippen LogP contribution in [0.2, 0.25) is 5.02 Å². The first-order valence-electron chi connectivity index (χ1n) is 8.85. The van der Waals surface area contributed by atoms with E-state index >= 15 is 0 Å². The van der Waals surface area contributed by atoms with Crippen LogP contribution in [0.4, 0.5) is 4.79 Å². The zero-order valence-electron chi connectivity index (χ0n) is 15.6. The number of halogens is 1. The standard InChI is InChI=1S/C22H20ClNO4/c1-14(2)20-21(28-22(26)27-13-15-6-4-3-5-7-15)19(25)12-18(24-20)16-8-10-17(23)11-9-16/h3-12,14H,13H2,1-2H3,(H,24,25). The van der Waals surface area contributed by atoms with Gasteiger partial charge in [0.2, 0.25) is 11.2 Å². The zero-order valence-corrected chi connectivity index (χ0v) is 16.3. The van der Waals surface area contributed by atoms with Gasteiger partial charge in [0.15, 0.2) is 0 Å². The van der Waals surface area contributed by atoms with Crippen molar-refractivity contribution in [3.8, 4) is 17.0 Å². The summed E-state index contributed by atoms with van der Waals surface area (Å²) < 4.78 is 10.4. The molecule has 3 rings (SSSR count). The molecule has 1 N–H and O–H groups in total. The van der Waals surface area contributed by atoms with Gasteiger partial charge in [-0.25, -0.2) is 4.79 Å². The van der Waals surface area contributed by atoms with Gasteiger partial charge in [-0.05, 0) is 29.2 Å². The number of pyridine rings is 1. The van der Waals surface area contributed by atoms with Crippen LogP contribution in [0, 0.1) is 0 Å². The molecule has 0 saturated carbocycles. The van der Waals surface area contributed by atoms with Gasteiger partial charge in [-0.2, -0.15) is 0 Å². The summed E-state index contributed by atoms with van der Waals surface area (Å²) in [5, 5.41) is 0.608. The summed E-state index contributed by atoms with van der Waals surface area (Å²) in [5.41, 5.74) is 2.38. The number of H-pyrrole nitrogens is 1. The lowest BCUT2D eigenvalue weighted by molar-refractivity contribution is 0.0918. The summed E-state index contributed by atoms with van der Waals surface area (Å²) in [6.07, 6.45) is -0.921. The lowest BCUT2D eigenvalue weighted by Crippen LogP contribution is -2.19. The molecule has 0 fully saturated rings. The van der Waals surface area contributed by atoms with Crippen LogP contribution in [0.3, 0.4) is 0 Å². The molecule has 28 heavy (non-hydrogen) atoms. The normalized spacial score (nSPS) is 10.7. The highest BCUT2D eigenvalue weighted by Crippen LogP contribution is 2.26. The van der Waals surface area contributed by atoms with Crippen LogP contribution in [0.5, 0.6) is 5.75 Å². The molecule has 0 aliphatic carbocycles. The summed E-state index contributed by atoms with van der Waals surface area (Å²) in [6, 6.07) is 17.8. The van der Waals surface area contributed by atoms with Crippen LogP contribution in [-0.2, 0) is 11.3 Å². The number of nitrogens with one attached hydrogen (secondary N) is 1. The quantitative estimate of drug-likeness (QED) is 0.574. The van der Waals surface area contributed by atoms with E-state index in [-0.39, 0.29) is 18.3 Å². The van der Waals surface area contributed by atoms with Crippen molar-refractivity contribution in [3.05, 3.63) is 87.2 Å². The lowest BCUT2D eigenvalue weighted by Gasteiger charge is -2.14. The van der Waals surface area contributed by atoms with Crippen molar-refractivity contribution in [2.75, 3.05) is 0 Å². The van der Waals surface area contributed by atoms with Gasteiger partial charge in [-0.15, -0.1) is 0 Å². The maximum atomic E-state index is 12.6. The molecule has 2 aromatic carbocycles. The summed E-state index contributed by atoms with van der Waals surface area (Å²) in [4.78, 5) is 27.9. The van der Waals surface area contributed by atoms with Gasteiger partial charge in [0.1, 0.15) is 6.61 Å². The highest BCUT2D eigenvalue weighted by molar-refractivity contribution is 6.30. The maximum Gasteiger partial charge on any atom is 0.514 e. The number of ether oxygens (including phenoxy) is 2. The molecule has 0 atom stereocenters. The summed E-state index contributed by atoms with van der Waals surface area (Å²) in [5.74, 6) is -0.123. The monoisotopic (exact) mass is 397 g/mol. The van der Waals surface area contributed by atoms with Crippen LogP contribution >= 0.6 is 11.6 Å². The Kier molecular flexibility index (Phi) is 6.16. The number of carbonyl (C=O) groups is 1. The first kappa shape index (κ1) is 19.7. The smallest absolute Gasteiger partial charge is 0.429 e. The van der Waals surface area contributed by atoms with Crippen molar-refractivity contribution in [3.63, 3.8) is 0 Å². The van der Waals surface area contributed by atoms with Crippen molar-refractivity contribution in [1.82, 2.24) is 4.98 Å². The van der Waals surface area contributed by atoms with Gasteiger partial charge in [0.25, 0.3) is 0 Å². The third-order valence-corrected chi connectivity index (χ3v) is 4.38. The molecule has 1 heterocycles. The first-order valence-corrected chi connectivity index (χ1v) is 9.23. The molecule has 5 nitrogen and oxygen atoms in total. The fourth-order valence-corrected chi connectivity index (χ4v) is 2.82. The zero-order chi connectivity index (χ0) is 20.1. The molecular formula is C22H20ClNO4. The van der Waals surface area contributed by atoms with E-state index in [9.17, 15) is 9.59 Å². The van der Waals surface area contributed by atoms with Crippen LogP contribution in [0.1, 0.15) is 31.0 Å². The Morgan fingerprint density at radius 1 is 1.07 bits per heavy atom. The fraction of sp³-hybridized carbons (Fsp3) is 0.182. The molecule has 144 valence electrons. The van der Waals surface area contributed by atoms with Crippen LogP contribution < -0.4 is 10.2 Å². The number of rotatable bonds is 5. The second-order valence-electron chi connectivity index (χ2n) is 6.58. The van der Waals surface area contributed by atoms with E-state index in [1.54, 1.807) is 12.1 Å². The molecule has 0 aliphatic heterocycles. The highest BCUT2D eigenvalue weighted by Gasteiger charge is 2.19. The van der Waals surface area contributed by atoms with Crippen molar-refractivity contribution in [2.24, 2.45) is 0 Å². The number of aromatic nitrogens is 1. The molecule has 0 bridgehead atoms. The van der Waals surface area contributed by atoms with Gasteiger partial charge in [-0.1, -0.05) is 67.9 Å². The first-order chi connectivity index (χ1) is 13.4. The number of benzene rings is 2. The minimum Gasteiger partial charge on any atom is -0.429 e. The Morgan fingerprint density at radius 2 is 1.75 bits per heavy atom. The molecule has 6 heteroatoms. The molecule has 0 aliphatic rings. The highest BCUT2D eigenvalue weighted by atomic mass is 35.5. The van der Waals surface area contributed by atoms with Crippen LogP contribution in [-0.4, -0.2) is 11.1 Å². The van der Waals surface area contributed by atoms with Gasteiger partial charge in [0, 0.05) is 16.8 Å². The van der Waals surface area contributed by atoms with Gasteiger partial charge < -0.3 is 14.5 Å². The molecule has 0 amide bonds. The van der Waals surface area contributed by atoms with Crippen LogP contribution in [0.25, 0.3) is 11.3 Å². The van der Waals surface area contributed by atoms with Gasteiger partial charge >= 0.3 is 6.16 Å². The molecule has 0 saturated heterocycles. The number of hydrogen-bond acceptors (Lipinski definition) is 4. The van der Waals surface area contributed by atoms with Crippen molar-refractivity contribution in [1.29, 1.82) is 0 Å². The Labute approximate surface area is 167 Å². The third-order valence-electron chi connectivity index (χ3n) is 4.13. The Morgan fingerprint density at radius 3 is 2.39 bits per heavy atom. The lowest BCUT2D eigenvalue weighted by atomic mass is 10.1. The number of carbonyl (C=O) groups excluding carboxylic acids is 1. The predicted octanol–water partition coefficient (Wildman–Crippen LogP) is 5.53. The second kappa shape index (κ2) is 8.76. The van der Waals surface area contributed by atoms with Crippen molar-refractivity contribution in [2.45, 2.75) is 26.4 Å². The topological polar surface area (TPSA) is 68.4 Å². The van der Waals surface area contributed by atoms with E-state index < -0.39 is 11.6 Å². The largest absolute Gasteiger partial charge is 0.514 e. The minimum absolute atomic E-state index is 0.0502. The number of aromatic amines is 1.